The van der Waals surface area contributed by atoms with E-state index in [0.29, 0.717) is 17.8 Å². The summed E-state index contributed by atoms with van der Waals surface area (Å²) in [7, 11) is 0. The van der Waals surface area contributed by atoms with E-state index in [1.165, 1.54) is 28.0 Å². The van der Waals surface area contributed by atoms with Crippen molar-refractivity contribution >= 4 is 51.7 Å². The van der Waals surface area contributed by atoms with Gasteiger partial charge < -0.3 is 25.9 Å². The normalized spacial score (nSPS) is 32.2. The van der Waals surface area contributed by atoms with Gasteiger partial charge in [0.05, 0.1) is 0 Å². The number of nitrogens with two attached hydrogens (primary N) is 1. The number of aliphatic carboxylic acids is 1. The predicted octanol–water partition coefficient (Wildman–Crippen LogP) is 2.54. The Morgan fingerprint density at radius 1 is 1.37 bits per heavy atom. The Bertz CT molecular complexity index is 1040. The highest BCUT2D eigenvalue weighted by atomic mass is 32.2. The zero-order chi connectivity index (χ0) is 25.7. The summed E-state index contributed by atoms with van der Waals surface area (Å²) in [5, 5.41) is 18.1. The number of hydrogen-bond donors (Lipinski definition) is 3. The number of thiazole rings is 1. The number of carboxylic acids is 1. The minimum Gasteiger partial charge on any atom is -0.480 e. The molecular weight excluding hydrogens is 490 g/mol. The molecule has 4 N–H and O–H groups in total. The zero-order valence-corrected chi connectivity index (χ0v) is 22.2. The fourth-order valence-electron chi connectivity index (χ4n) is 5.31. The van der Waals surface area contributed by atoms with Crippen LogP contribution >= 0.6 is 23.1 Å². The van der Waals surface area contributed by atoms with Gasteiger partial charge in [0.1, 0.15) is 29.3 Å². The van der Waals surface area contributed by atoms with Crippen molar-refractivity contribution in [3.63, 3.8) is 0 Å². The second-order valence-electron chi connectivity index (χ2n) is 10.5. The molecule has 0 bridgehead atoms. The van der Waals surface area contributed by atoms with Crippen LogP contribution in [0, 0.1) is 17.8 Å². The van der Waals surface area contributed by atoms with Gasteiger partial charge in [-0.1, -0.05) is 32.3 Å². The molecule has 3 heterocycles. The van der Waals surface area contributed by atoms with Gasteiger partial charge in [-0.25, -0.2) is 9.78 Å². The molecule has 1 aromatic rings. The van der Waals surface area contributed by atoms with Crippen molar-refractivity contribution in [1.29, 1.82) is 0 Å². The summed E-state index contributed by atoms with van der Waals surface area (Å²) < 4.78 is -0.682. The number of oxime groups is 1. The molecule has 1 aromatic heterocycles. The number of fused-ring (bicyclic) bond motifs is 1. The Labute approximate surface area is 213 Å². The number of β-lactam (4-membered cyclic amide) rings is 1. The third-order valence-corrected chi connectivity index (χ3v) is 9.43. The van der Waals surface area contributed by atoms with Crippen LogP contribution < -0.4 is 11.1 Å². The molecule has 2 amide bonds. The van der Waals surface area contributed by atoms with Crippen molar-refractivity contribution in [3.05, 3.63) is 11.1 Å². The van der Waals surface area contributed by atoms with Gasteiger partial charge in [0.2, 0.25) is 5.91 Å². The van der Waals surface area contributed by atoms with Crippen molar-refractivity contribution in [3.8, 4) is 0 Å². The van der Waals surface area contributed by atoms with Gasteiger partial charge in [0.25, 0.3) is 5.91 Å². The van der Waals surface area contributed by atoms with Crippen molar-refractivity contribution in [2.75, 3.05) is 5.73 Å². The molecule has 2 saturated heterocycles. The molecule has 0 aromatic carbocycles. The fraction of sp³-hybridized carbons (Fsp3) is 0.696. The van der Waals surface area contributed by atoms with Crippen LogP contribution in [0.2, 0.25) is 0 Å². The third-order valence-electron chi connectivity index (χ3n) is 7.18. The first-order chi connectivity index (χ1) is 16.4. The van der Waals surface area contributed by atoms with Crippen LogP contribution in [0.3, 0.4) is 0 Å². The van der Waals surface area contributed by atoms with E-state index in [4.69, 9.17) is 10.6 Å². The number of carbonyl (C=O) groups is 3. The van der Waals surface area contributed by atoms with E-state index in [9.17, 15) is 19.5 Å². The van der Waals surface area contributed by atoms with E-state index >= 15 is 0 Å². The number of carbonyl (C=O) groups excluding carboxylic acids is 2. The summed E-state index contributed by atoms with van der Waals surface area (Å²) in [5.41, 5.74) is 6.04. The van der Waals surface area contributed by atoms with Crippen LogP contribution in [0.4, 0.5) is 5.13 Å². The molecule has 6 atom stereocenters. The number of rotatable bonds is 7. The molecule has 2 aliphatic heterocycles. The average Bonchev–Trinajstić information content (AvgIpc) is 3.30. The van der Waals surface area contributed by atoms with E-state index in [-0.39, 0.29) is 22.6 Å². The maximum atomic E-state index is 13.3. The first-order valence-corrected chi connectivity index (χ1v) is 13.7. The lowest BCUT2D eigenvalue weighted by molar-refractivity contribution is -0.160. The standard InChI is InChI=1S/C23H33N5O5S2/c1-10(2)12-7-6-11(3)8-14(12)33-27-15(13-9-34-22(24)25-13)18(29)26-16-19(30)28-17(21(31)32)23(4,5)35-20(16)28/h9-12,14,16-17,20H,6-8H2,1-5H3,(H2,24,25)(H,26,29)(H,31,32)/b27-15-/t11-,12+,14+,16-,17-,20+/m0/s1. The van der Waals surface area contributed by atoms with Crippen LogP contribution in [0.25, 0.3) is 0 Å². The summed E-state index contributed by atoms with van der Waals surface area (Å²) >= 11 is 2.55. The number of nitrogen functional groups attached to an aromatic ring is 1. The molecule has 0 radical (unpaired) electrons. The van der Waals surface area contributed by atoms with Gasteiger partial charge in [-0.2, -0.15) is 0 Å². The van der Waals surface area contributed by atoms with Crippen LogP contribution in [-0.4, -0.2) is 66.8 Å². The Morgan fingerprint density at radius 2 is 2.09 bits per heavy atom. The van der Waals surface area contributed by atoms with Gasteiger partial charge >= 0.3 is 5.97 Å². The molecule has 3 fully saturated rings. The fourth-order valence-corrected chi connectivity index (χ4v) is 7.49. The number of nitrogens with zero attached hydrogens (tertiary/aromatic N) is 3. The van der Waals surface area contributed by atoms with E-state index in [1.54, 1.807) is 19.2 Å². The van der Waals surface area contributed by atoms with Gasteiger partial charge in [-0.05, 0) is 38.5 Å². The number of hydrogen-bond acceptors (Lipinski definition) is 9. The maximum Gasteiger partial charge on any atom is 0.327 e. The Hall–Kier alpha value is -2.34. The highest BCUT2D eigenvalue weighted by Gasteiger charge is 2.64. The van der Waals surface area contributed by atoms with Crippen LogP contribution in [0.5, 0.6) is 0 Å². The number of aromatic nitrogens is 1. The molecule has 10 nitrogen and oxygen atoms in total. The number of nitrogens with one attached hydrogen (secondary N) is 1. The average molecular weight is 524 g/mol. The van der Waals surface area contributed by atoms with Gasteiger partial charge in [-0.3, -0.25) is 9.59 Å². The second kappa shape index (κ2) is 9.61. The maximum absolute atomic E-state index is 13.3. The van der Waals surface area contributed by atoms with Crippen molar-refractivity contribution in [1.82, 2.24) is 15.2 Å². The summed E-state index contributed by atoms with van der Waals surface area (Å²) in [6.45, 7) is 10.1. The first-order valence-electron chi connectivity index (χ1n) is 11.9. The topological polar surface area (TPSA) is 147 Å². The third kappa shape index (κ3) is 4.87. The van der Waals surface area contributed by atoms with Crippen molar-refractivity contribution in [2.24, 2.45) is 22.9 Å². The summed E-state index contributed by atoms with van der Waals surface area (Å²) in [4.78, 5) is 49.4. The van der Waals surface area contributed by atoms with Crippen LogP contribution in [0.1, 0.15) is 59.6 Å². The summed E-state index contributed by atoms with van der Waals surface area (Å²) in [6.07, 6.45) is 2.90. The molecule has 1 aliphatic carbocycles. The van der Waals surface area contributed by atoms with Crippen LogP contribution in [-0.2, 0) is 19.2 Å². The van der Waals surface area contributed by atoms with Crippen LogP contribution in [0.15, 0.2) is 10.5 Å². The highest BCUT2D eigenvalue weighted by molar-refractivity contribution is 8.01. The SMILES string of the molecule is CC(C)[C@H]1CC[C@H](C)C[C@H]1O/N=C(\C(=O)N[C@H]1C(=O)N2[C@@H]1SC(C)(C)[C@@H]2C(=O)O)c1csc(N)n1. The van der Waals surface area contributed by atoms with Gasteiger partial charge in [0, 0.05) is 16.0 Å². The van der Waals surface area contributed by atoms with Crippen molar-refractivity contribution < 1.29 is 24.3 Å². The van der Waals surface area contributed by atoms with Gasteiger partial charge in [0.15, 0.2) is 10.8 Å². The minimum atomic E-state index is -1.06. The Morgan fingerprint density at radius 3 is 2.69 bits per heavy atom. The van der Waals surface area contributed by atoms with E-state index in [0.717, 1.165) is 19.3 Å². The van der Waals surface area contributed by atoms with E-state index in [2.05, 4.69) is 36.2 Å². The largest absolute Gasteiger partial charge is 0.480 e. The molecule has 3 aliphatic rings. The molecule has 192 valence electrons. The molecule has 0 unspecified atom stereocenters. The molecule has 4 rings (SSSR count). The predicted molar refractivity (Wildman–Crippen MR) is 135 cm³/mol. The molecule has 12 heteroatoms. The first kappa shape index (κ1) is 25.7. The Balaban J connectivity index is 1.54. The van der Waals surface area contributed by atoms with E-state index < -0.39 is 40.0 Å². The molecular formula is C23H33N5O5S2. The lowest BCUT2D eigenvalue weighted by Crippen LogP contribution is -2.71. The number of carboxylic acid groups (broad SMARTS) is 1. The van der Waals surface area contributed by atoms with Crippen molar-refractivity contribution in [2.45, 2.75) is 82.2 Å². The lowest BCUT2D eigenvalue weighted by Gasteiger charge is -2.43. The molecule has 1 saturated carbocycles. The second-order valence-corrected chi connectivity index (χ2v) is 13.2. The smallest absolute Gasteiger partial charge is 0.327 e. The zero-order valence-electron chi connectivity index (χ0n) is 20.6. The number of thioether (sulfide) groups is 1. The summed E-state index contributed by atoms with van der Waals surface area (Å²) in [6, 6.07) is -1.80. The van der Waals surface area contributed by atoms with Gasteiger partial charge in [-0.15, -0.1) is 23.1 Å². The monoisotopic (exact) mass is 523 g/mol. The van der Waals surface area contributed by atoms with E-state index in [1.807, 2.05) is 0 Å². The quantitative estimate of drug-likeness (QED) is 0.281. The molecule has 0 spiro atoms. The lowest BCUT2D eigenvalue weighted by atomic mass is 9.75. The Kier molecular flexibility index (Phi) is 7.07. The summed E-state index contributed by atoms with van der Waals surface area (Å²) in [5.74, 6) is -0.840. The highest BCUT2D eigenvalue weighted by Crippen LogP contribution is 2.50. The number of anilines is 1. The minimum absolute atomic E-state index is 0.0398. The number of amides is 2. The molecule has 35 heavy (non-hydrogen) atoms.